The lowest BCUT2D eigenvalue weighted by Gasteiger charge is -2.07. The molecule has 0 aliphatic carbocycles. The largest absolute Gasteiger partial charge is 0.480 e. The van der Waals surface area contributed by atoms with E-state index >= 15 is 0 Å². The molecule has 86 valence electrons. The van der Waals surface area contributed by atoms with Gasteiger partial charge < -0.3 is 15.7 Å². The first kappa shape index (κ1) is 13.0. The van der Waals surface area contributed by atoms with E-state index in [1.54, 1.807) is 18.2 Å². The number of halogens is 2. The van der Waals surface area contributed by atoms with Gasteiger partial charge >= 0.3 is 12.0 Å². The van der Waals surface area contributed by atoms with E-state index in [-0.39, 0.29) is 0 Å². The van der Waals surface area contributed by atoms with Crippen molar-refractivity contribution in [1.82, 2.24) is 5.32 Å². The third kappa shape index (κ3) is 4.19. The van der Waals surface area contributed by atoms with E-state index in [0.29, 0.717) is 10.2 Å². The zero-order valence-corrected chi connectivity index (χ0v) is 11.1. The number of anilines is 1. The second kappa shape index (κ2) is 5.86. The molecule has 7 heteroatoms. The van der Waals surface area contributed by atoms with Gasteiger partial charge in [-0.3, -0.25) is 4.79 Å². The van der Waals surface area contributed by atoms with Gasteiger partial charge in [0.05, 0.1) is 5.69 Å². The van der Waals surface area contributed by atoms with E-state index in [0.717, 1.165) is 4.47 Å². The lowest BCUT2D eigenvalue weighted by atomic mass is 10.3. The Bertz CT molecular complexity index is 423. The third-order valence-electron chi connectivity index (χ3n) is 1.58. The van der Waals surface area contributed by atoms with E-state index < -0.39 is 18.5 Å². The molecule has 0 aromatic heterocycles. The van der Waals surface area contributed by atoms with Crippen LogP contribution in [0, 0.1) is 0 Å². The fourth-order valence-electron chi connectivity index (χ4n) is 0.913. The predicted octanol–water partition coefficient (Wildman–Crippen LogP) is 2.42. The molecule has 0 radical (unpaired) electrons. The van der Waals surface area contributed by atoms with Crippen molar-refractivity contribution in [2.45, 2.75) is 0 Å². The molecular weight excluding hydrogens is 344 g/mol. The van der Waals surface area contributed by atoms with Gasteiger partial charge in [-0.2, -0.15) is 0 Å². The highest BCUT2D eigenvalue weighted by Gasteiger charge is 2.06. The molecule has 0 unspecified atom stereocenters. The summed E-state index contributed by atoms with van der Waals surface area (Å²) >= 11 is 6.54. The molecular formula is C9H8Br2N2O3. The highest BCUT2D eigenvalue weighted by atomic mass is 79.9. The fourth-order valence-corrected chi connectivity index (χ4v) is 2.06. The van der Waals surface area contributed by atoms with Crippen molar-refractivity contribution in [1.29, 1.82) is 0 Å². The average Bonchev–Trinajstić information content (AvgIpc) is 2.19. The molecule has 0 fully saturated rings. The molecule has 5 nitrogen and oxygen atoms in total. The number of benzene rings is 1. The van der Waals surface area contributed by atoms with Crippen LogP contribution in [-0.4, -0.2) is 23.7 Å². The summed E-state index contributed by atoms with van der Waals surface area (Å²) in [5, 5.41) is 13.1. The third-order valence-corrected chi connectivity index (χ3v) is 2.73. The highest BCUT2D eigenvalue weighted by Crippen LogP contribution is 2.25. The van der Waals surface area contributed by atoms with Crippen LogP contribution in [0.15, 0.2) is 27.1 Å². The van der Waals surface area contributed by atoms with E-state index in [1.807, 2.05) is 0 Å². The van der Waals surface area contributed by atoms with Crippen molar-refractivity contribution in [3.63, 3.8) is 0 Å². The van der Waals surface area contributed by atoms with Crippen molar-refractivity contribution < 1.29 is 14.7 Å². The first-order valence-electron chi connectivity index (χ1n) is 4.20. The molecule has 1 aromatic carbocycles. The topological polar surface area (TPSA) is 78.4 Å². The minimum absolute atomic E-state index is 0.417. The van der Waals surface area contributed by atoms with Crippen LogP contribution >= 0.6 is 31.9 Å². The second-order valence-electron chi connectivity index (χ2n) is 2.83. The Kier molecular flexibility index (Phi) is 4.75. The maximum Gasteiger partial charge on any atom is 0.323 e. The van der Waals surface area contributed by atoms with Crippen LogP contribution in [0.2, 0.25) is 0 Å². The summed E-state index contributed by atoms with van der Waals surface area (Å²) in [6.07, 6.45) is 0. The number of urea groups is 1. The van der Waals surface area contributed by atoms with E-state index in [2.05, 4.69) is 42.5 Å². The van der Waals surface area contributed by atoms with Crippen molar-refractivity contribution in [3.8, 4) is 0 Å². The van der Waals surface area contributed by atoms with Gasteiger partial charge in [0.1, 0.15) is 6.54 Å². The van der Waals surface area contributed by atoms with Crippen LogP contribution in [0.4, 0.5) is 10.5 Å². The van der Waals surface area contributed by atoms with Crippen LogP contribution < -0.4 is 10.6 Å². The summed E-state index contributed by atoms with van der Waals surface area (Å²) in [5.74, 6) is -1.09. The summed E-state index contributed by atoms with van der Waals surface area (Å²) < 4.78 is 1.57. The van der Waals surface area contributed by atoms with Crippen molar-refractivity contribution in [2.75, 3.05) is 11.9 Å². The minimum atomic E-state index is -1.09. The molecule has 0 heterocycles. The summed E-state index contributed by atoms with van der Waals surface area (Å²) in [6.45, 7) is -0.417. The Hall–Kier alpha value is -1.08. The van der Waals surface area contributed by atoms with Crippen LogP contribution in [0.3, 0.4) is 0 Å². The molecule has 1 aromatic rings. The quantitative estimate of drug-likeness (QED) is 0.782. The fraction of sp³-hybridized carbons (Fsp3) is 0.111. The number of carboxylic acids is 1. The van der Waals surface area contributed by atoms with Gasteiger partial charge in [-0.05, 0) is 34.1 Å². The Morgan fingerprint density at radius 1 is 1.31 bits per heavy atom. The summed E-state index contributed by atoms with van der Waals surface area (Å²) in [5.41, 5.74) is 0.561. The lowest BCUT2D eigenvalue weighted by molar-refractivity contribution is -0.135. The van der Waals surface area contributed by atoms with Crippen LogP contribution in [0.5, 0.6) is 0 Å². The zero-order valence-electron chi connectivity index (χ0n) is 7.96. The van der Waals surface area contributed by atoms with Gasteiger partial charge in [0.2, 0.25) is 0 Å². The Morgan fingerprint density at radius 3 is 2.56 bits per heavy atom. The predicted molar refractivity (Wildman–Crippen MR) is 66.5 cm³/mol. The first-order chi connectivity index (χ1) is 7.49. The highest BCUT2D eigenvalue weighted by molar-refractivity contribution is 9.11. The molecule has 0 saturated heterocycles. The smallest absolute Gasteiger partial charge is 0.323 e. The molecule has 2 amide bonds. The number of carbonyl (C=O) groups is 2. The number of rotatable bonds is 3. The number of amides is 2. The Morgan fingerprint density at radius 2 is 2.00 bits per heavy atom. The average molecular weight is 352 g/mol. The van der Waals surface area contributed by atoms with Crippen molar-refractivity contribution >= 4 is 49.5 Å². The number of aliphatic carboxylic acids is 1. The number of nitrogens with one attached hydrogen (secondary N) is 2. The van der Waals surface area contributed by atoms with Gasteiger partial charge in [-0.15, -0.1) is 0 Å². The SMILES string of the molecule is O=C(O)CNC(=O)Nc1ccc(Br)cc1Br. The molecule has 1 rings (SSSR count). The number of hydrogen-bond acceptors (Lipinski definition) is 2. The molecule has 0 atom stereocenters. The number of hydrogen-bond donors (Lipinski definition) is 3. The molecule has 0 aliphatic rings. The standard InChI is InChI=1S/C9H8Br2N2O3/c10-5-1-2-7(6(11)3-5)13-9(16)12-4-8(14)15/h1-3H,4H2,(H,14,15)(H2,12,13,16). The van der Waals surface area contributed by atoms with Gasteiger partial charge in [0.25, 0.3) is 0 Å². The summed E-state index contributed by atoms with van der Waals surface area (Å²) in [6, 6.07) is 4.66. The Balaban J connectivity index is 2.59. The van der Waals surface area contributed by atoms with Gasteiger partial charge in [-0.25, -0.2) is 4.79 Å². The molecule has 0 spiro atoms. The van der Waals surface area contributed by atoms with Crippen LogP contribution in [0.25, 0.3) is 0 Å². The number of carboxylic acid groups (broad SMARTS) is 1. The second-order valence-corrected chi connectivity index (χ2v) is 4.60. The van der Waals surface area contributed by atoms with Crippen LogP contribution in [-0.2, 0) is 4.79 Å². The molecule has 0 aliphatic heterocycles. The van der Waals surface area contributed by atoms with Gasteiger partial charge in [0, 0.05) is 8.95 Å². The molecule has 16 heavy (non-hydrogen) atoms. The lowest BCUT2D eigenvalue weighted by Crippen LogP contribution is -2.33. The Labute approximate surface area is 108 Å². The normalized spacial score (nSPS) is 9.62. The summed E-state index contributed by atoms with van der Waals surface area (Å²) in [4.78, 5) is 21.4. The zero-order chi connectivity index (χ0) is 12.1. The maximum atomic E-state index is 11.2. The van der Waals surface area contributed by atoms with Crippen molar-refractivity contribution in [3.05, 3.63) is 27.1 Å². The van der Waals surface area contributed by atoms with E-state index in [4.69, 9.17) is 5.11 Å². The van der Waals surface area contributed by atoms with Gasteiger partial charge in [-0.1, -0.05) is 15.9 Å². The molecule has 0 saturated carbocycles. The molecule has 0 bridgehead atoms. The maximum absolute atomic E-state index is 11.2. The summed E-state index contributed by atoms with van der Waals surface area (Å²) in [7, 11) is 0. The monoisotopic (exact) mass is 350 g/mol. The van der Waals surface area contributed by atoms with Crippen LogP contribution in [0.1, 0.15) is 0 Å². The van der Waals surface area contributed by atoms with E-state index in [1.165, 1.54) is 0 Å². The number of carbonyl (C=O) groups excluding carboxylic acids is 1. The van der Waals surface area contributed by atoms with Crippen molar-refractivity contribution in [2.24, 2.45) is 0 Å². The van der Waals surface area contributed by atoms with Gasteiger partial charge in [0.15, 0.2) is 0 Å². The minimum Gasteiger partial charge on any atom is -0.480 e. The van der Waals surface area contributed by atoms with E-state index in [9.17, 15) is 9.59 Å². The molecule has 3 N–H and O–H groups in total. The first-order valence-corrected chi connectivity index (χ1v) is 5.79.